The van der Waals surface area contributed by atoms with E-state index < -0.39 is 11.7 Å². The van der Waals surface area contributed by atoms with E-state index in [0.717, 1.165) is 38.2 Å². The van der Waals surface area contributed by atoms with E-state index in [4.69, 9.17) is 4.74 Å². The Morgan fingerprint density at radius 3 is 2.33 bits per heavy atom. The highest BCUT2D eigenvalue weighted by Gasteiger charge is 2.36. The van der Waals surface area contributed by atoms with Crippen LogP contribution in [0, 0.1) is 5.92 Å². The SMILES string of the molecule is FC(F)(F)c1ccc(O[C@@H]2c3ccccc3C[C@H]2CN2CCCCC2)cc1. The molecule has 0 aromatic heterocycles. The van der Waals surface area contributed by atoms with Crippen molar-refractivity contribution in [1.82, 2.24) is 4.90 Å². The van der Waals surface area contributed by atoms with Crippen molar-refractivity contribution >= 4 is 0 Å². The Hall–Kier alpha value is -2.01. The summed E-state index contributed by atoms with van der Waals surface area (Å²) in [6, 6.07) is 13.3. The molecule has 4 rings (SSSR count). The van der Waals surface area contributed by atoms with Crippen molar-refractivity contribution in [3.63, 3.8) is 0 Å². The zero-order valence-corrected chi connectivity index (χ0v) is 15.2. The second-order valence-corrected chi connectivity index (χ2v) is 7.58. The van der Waals surface area contributed by atoms with Crippen LogP contribution in [0.4, 0.5) is 13.2 Å². The molecule has 1 aliphatic heterocycles. The van der Waals surface area contributed by atoms with E-state index in [2.05, 4.69) is 17.0 Å². The van der Waals surface area contributed by atoms with Gasteiger partial charge in [0.1, 0.15) is 11.9 Å². The molecule has 0 saturated carbocycles. The number of halogens is 3. The van der Waals surface area contributed by atoms with E-state index >= 15 is 0 Å². The molecule has 0 radical (unpaired) electrons. The Kier molecular flexibility index (Phi) is 5.13. The summed E-state index contributed by atoms with van der Waals surface area (Å²) in [4.78, 5) is 2.50. The molecule has 1 saturated heterocycles. The van der Waals surface area contributed by atoms with Crippen molar-refractivity contribution in [1.29, 1.82) is 0 Å². The Bertz CT molecular complexity index is 766. The van der Waals surface area contributed by atoms with Crippen molar-refractivity contribution in [3.8, 4) is 5.75 Å². The van der Waals surface area contributed by atoms with Gasteiger partial charge in [-0.25, -0.2) is 0 Å². The monoisotopic (exact) mass is 375 g/mol. The number of piperidine rings is 1. The molecule has 0 bridgehead atoms. The minimum atomic E-state index is -4.32. The maximum Gasteiger partial charge on any atom is 0.416 e. The van der Waals surface area contributed by atoms with Gasteiger partial charge in [0.2, 0.25) is 0 Å². The zero-order chi connectivity index (χ0) is 18.9. The number of hydrogen-bond donors (Lipinski definition) is 0. The van der Waals surface area contributed by atoms with Crippen LogP contribution >= 0.6 is 0 Å². The molecule has 2 aromatic rings. The number of rotatable bonds is 4. The lowest BCUT2D eigenvalue weighted by Gasteiger charge is -2.31. The van der Waals surface area contributed by atoms with Crippen molar-refractivity contribution in [2.24, 2.45) is 5.92 Å². The quantitative estimate of drug-likeness (QED) is 0.701. The van der Waals surface area contributed by atoms with Crippen LogP contribution in [0.25, 0.3) is 0 Å². The van der Waals surface area contributed by atoms with Crippen LogP contribution < -0.4 is 4.74 Å². The molecule has 2 nitrogen and oxygen atoms in total. The molecule has 1 fully saturated rings. The predicted molar refractivity (Wildman–Crippen MR) is 98.7 cm³/mol. The summed E-state index contributed by atoms with van der Waals surface area (Å²) in [6.45, 7) is 3.22. The van der Waals surface area contributed by atoms with E-state index in [0.29, 0.717) is 11.7 Å². The fourth-order valence-corrected chi connectivity index (χ4v) is 4.30. The first-order chi connectivity index (χ1) is 13.0. The van der Waals surface area contributed by atoms with E-state index in [9.17, 15) is 13.2 Å². The minimum absolute atomic E-state index is 0.111. The largest absolute Gasteiger partial charge is 0.485 e. The number of hydrogen-bond acceptors (Lipinski definition) is 2. The number of fused-ring (bicyclic) bond motifs is 1. The molecule has 2 atom stereocenters. The molecular formula is C22H24F3NO. The van der Waals surface area contributed by atoms with Gasteiger partial charge >= 0.3 is 6.18 Å². The number of benzene rings is 2. The summed E-state index contributed by atoms with van der Waals surface area (Å²) >= 11 is 0. The van der Waals surface area contributed by atoms with Gasteiger partial charge in [0.15, 0.2) is 0 Å². The summed E-state index contributed by atoms with van der Waals surface area (Å²) in [5.41, 5.74) is 1.81. The highest BCUT2D eigenvalue weighted by Crippen LogP contribution is 2.40. The lowest BCUT2D eigenvalue weighted by molar-refractivity contribution is -0.137. The van der Waals surface area contributed by atoms with Crippen molar-refractivity contribution in [2.45, 2.75) is 38.0 Å². The van der Waals surface area contributed by atoms with Gasteiger partial charge in [0.25, 0.3) is 0 Å². The van der Waals surface area contributed by atoms with Gasteiger partial charge in [0, 0.05) is 12.5 Å². The average Bonchev–Trinajstić information content (AvgIpc) is 3.00. The van der Waals surface area contributed by atoms with Crippen molar-refractivity contribution < 1.29 is 17.9 Å². The number of ether oxygens (including phenoxy) is 1. The summed E-state index contributed by atoms with van der Waals surface area (Å²) in [6.07, 6.45) is 0.300. The van der Waals surface area contributed by atoms with Gasteiger partial charge in [-0.2, -0.15) is 13.2 Å². The molecule has 2 aromatic carbocycles. The summed E-state index contributed by atoms with van der Waals surface area (Å²) in [5.74, 6) is 0.816. The average molecular weight is 375 g/mol. The van der Waals surface area contributed by atoms with Crippen LogP contribution in [0.2, 0.25) is 0 Å². The minimum Gasteiger partial charge on any atom is -0.485 e. The molecule has 1 heterocycles. The van der Waals surface area contributed by atoms with E-state index in [1.807, 2.05) is 12.1 Å². The Morgan fingerprint density at radius 1 is 0.926 bits per heavy atom. The summed E-state index contributed by atoms with van der Waals surface area (Å²) < 4.78 is 44.6. The molecule has 0 spiro atoms. The molecule has 27 heavy (non-hydrogen) atoms. The van der Waals surface area contributed by atoms with Gasteiger partial charge in [-0.1, -0.05) is 30.7 Å². The van der Waals surface area contributed by atoms with Crippen LogP contribution in [-0.2, 0) is 12.6 Å². The molecule has 144 valence electrons. The van der Waals surface area contributed by atoms with Gasteiger partial charge in [-0.05, 0) is 67.7 Å². The summed E-state index contributed by atoms with van der Waals surface area (Å²) in [7, 11) is 0. The van der Waals surface area contributed by atoms with Gasteiger partial charge in [-0.15, -0.1) is 0 Å². The van der Waals surface area contributed by atoms with Crippen molar-refractivity contribution in [2.75, 3.05) is 19.6 Å². The molecule has 0 unspecified atom stereocenters. The maximum atomic E-state index is 12.8. The smallest absolute Gasteiger partial charge is 0.416 e. The predicted octanol–water partition coefficient (Wildman–Crippen LogP) is 5.48. The number of alkyl halides is 3. The lowest BCUT2D eigenvalue weighted by atomic mass is 10.0. The molecule has 5 heteroatoms. The molecule has 1 aliphatic carbocycles. The van der Waals surface area contributed by atoms with E-state index in [1.54, 1.807) is 0 Å². The third kappa shape index (κ3) is 4.13. The van der Waals surface area contributed by atoms with Crippen LogP contribution in [-0.4, -0.2) is 24.5 Å². The third-order valence-corrected chi connectivity index (χ3v) is 5.66. The number of likely N-dealkylation sites (tertiary alicyclic amines) is 1. The topological polar surface area (TPSA) is 12.5 Å². The van der Waals surface area contributed by atoms with Crippen LogP contribution in [0.3, 0.4) is 0 Å². The summed E-state index contributed by atoms with van der Waals surface area (Å²) in [5, 5.41) is 0. The second-order valence-electron chi connectivity index (χ2n) is 7.58. The van der Waals surface area contributed by atoms with Gasteiger partial charge < -0.3 is 9.64 Å². The molecular weight excluding hydrogens is 351 g/mol. The first-order valence-electron chi connectivity index (χ1n) is 9.65. The first kappa shape index (κ1) is 18.4. The molecule has 0 N–H and O–H groups in total. The first-order valence-corrected chi connectivity index (χ1v) is 9.65. The zero-order valence-electron chi connectivity index (χ0n) is 15.2. The lowest BCUT2D eigenvalue weighted by Crippen LogP contribution is -2.36. The normalized spacial score (nSPS) is 23.2. The van der Waals surface area contributed by atoms with Crippen LogP contribution in [0.15, 0.2) is 48.5 Å². The van der Waals surface area contributed by atoms with E-state index in [1.165, 1.54) is 42.5 Å². The molecule has 0 amide bonds. The fourth-order valence-electron chi connectivity index (χ4n) is 4.30. The number of nitrogens with zero attached hydrogens (tertiary/aromatic N) is 1. The molecule has 2 aliphatic rings. The standard InChI is InChI=1S/C22H24F3NO/c23-22(24,25)18-8-10-19(11-9-18)27-21-17(15-26-12-4-1-5-13-26)14-16-6-2-3-7-20(16)21/h2-3,6-11,17,21H,1,4-5,12-15H2/t17-,21-/m0/s1. The highest BCUT2D eigenvalue weighted by atomic mass is 19.4. The van der Waals surface area contributed by atoms with Crippen molar-refractivity contribution in [3.05, 3.63) is 65.2 Å². The highest BCUT2D eigenvalue weighted by molar-refractivity contribution is 5.37. The Labute approximate surface area is 157 Å². The second kappa shape index (κ2) is 7.55. The van der Waals surface area contributed by atoms with Gasteiger partial charge in [0.05, 0.1) is 5.56 Å². The maximum absolute atomic E-state index is 12.8. The Balaban J connectivity index is 1.53. The van der Waals surface area contributed by atoms with Gasteiger partial charge in [-0.3, -0.25) is 0 Å². The Morgan fingerprint density at radius 2 is 1.63 bits per heavy atom. The van der Waals surface area contributed by atoms with E-state index in [-0.39, 0.29) is 6.10 Å². The van der Waals surface area contributed by atoms with Crippen LogP contribution in [0.1, 0.15) is 42.1 Å². The third-order valence-electron chi connectivity index (χ3n) is 5.66. The fraction of sp³-hybridized carbons (Fsp3) is 0.455. The van der Waals surface area contributed by atoms with Crippen LogP contribution in [0.5, 0.6) is 5.75 Å².